The Morgan fingerprint density at radius 1 is 1.33 bits per heavy atom. The van der Waals surface area contributed by atoms with E-state index in [2.05, 4.69) is 21.2 Å². The fraction of sp³-hybridized carbons (Fsp3) is 0.200. The largest absolute Gasteiger partial charge is 0.306 e. The van der Waals surface area contributed by atoms with Gasteiger partial charge >= 0.3 is 0 Å². The van der Waals surface area contributed by atoms with E-state index in [0.717, 1.165) is 5.56 Å². The van der Waals surface area contributed by atoms with Crippen LogP contribution in [-0.4, -0.2) is 4.92 Å². The van der Waals surface area contributed by atoms with Gasteiger partial charge in [-0.25, -0.2) is 4.39 Å². The van der Waals surface area contributed by atoms with Crippen LogP contribution in [0.3, 0.4) is 0 Å². The van der Waals surface area contributed by atoms with Gasteiger partial charge in [0.15, 0.2) is 0 Å². The van der Waals surface area contributed by atoms with Crippen LogP contribution in [0.25, 0.3) is 0 Å². The van der Waals surface area contributed by atoms with E-state index < -0.39 is 4.92 Å². The number of nitro groups is 1. The number of hydrogen-bond acceptors (Lipinski definition) is 3. The summed E-state index contributed by atoms with van der Waals surface area (Å²) in [5.41, 5.74) is 1.37. The van der Waals surface area contributed by atoms with Crippen molar-refractivity contribution in [3.8, 4) is 0 Å². The molecule has 0 aromatic heterocycles. The van der Waals surface area contributed by atoms with E-state index in [9.17, 15) is 14.5 Å². The summed E-state index contributed by atoms with van der Waals surface area (Å²) in [5.74, 6) is -0.265. The molecule has 0 aliphatic rings. The number of nitrogens with one attached hydrogen (secondary N) is 1. The van der Waals surface area contributed by atoms with Crippen molar-refractivity contribution in [1.29, 1.82) is 0 Å². The summed E-state index contributed by atoms with van der Waals surface area (Å²) in [5, 5.41) is 14.0. The Bertz CT molecular complexity index is 664. The molecule has 0 unspecified atom stereocenters. The lowest BCUT2D eigenvalue weighted by atomic mass is 10.1. The Morgan fingerprint density at radius 3 is 2.71 bits per heavy atom. The topological polar surface area (TPSA) is 55.2 Å². The van der Waals surface area contributed by atoms with Crippen LogP contribution in [0.2, 0.25) is 0 Å². The molecule has 0 saturated heterocycles. The van der Waals surface area contributed by atoms with Crippen molar-refractivity contribution in [2.24, 2.45) is 0 Å². The second-order valence-corrected chi connectivity index (χ2v) is 5.52. The van der Waals surface area contributed by atoms with E-state index in [1.807, 2.05) is 6.92 Å². The molecule has 0 saturated carbocycles. The number of nitrogens with zero attached hydrogens (tertiary/aromatic N) is 1. The first-order chi connectivity index (χ1) is 9.99. The van der Waals surface area contributed by atoms with Crippen molar-refractivity contribution in [3.05, 3.63) is 74.0 Å². The minimum atomic E-state index is -0.437. The molecular formula is C15H14BrFN2O2. The van der Waals surface area contributed by atoms with Gasteiger partial charge in [0.1, 0.15) is 5.82 Å². The maximum absolute atomic E-state index is 13.7. The smallest absolute Gasteiger partial charge is 0.283 e. The van der Waals surface area contributed by atoms with Gasteiger partial charge in [0.2, 0.25) is 0 Å². The average molecular weight is 353 g/mol. The van der Waals surface area contributed by atoms with E-state index in [-0.39, 0.29) is 17.5 Å². The number of hydrogen-bond donors (Lipinski definition) is 1. The average Bonchev–Trinajstić information content (AvgIpc) is 2.46. The third-order valence-corrected chi connectivity index (χ3v) is 3.86. The Balaban J connectivity index is 2.08. The van der Waals surface area contributed by atoms with Gasteiger partial charge in [-0.3, -0.25) is 10.1 Å². The summed E-state index contributed by atoms with van der Waals surface area (Å²) in [6, 6.07) is 11.3. The summed E-state index contributed by atoms with van der Waals surface area (Å²) in [6.45, 7) is 2.27. The van der Waals surface area contributed by atoms with Crippen LogP contribution in [-0.2, 0) is 6.54 Å². The molecule has 0 aliphatic heterocycles. The SMILES string of the molecule is C[C@@H](NCc1ccc(Br)c([N+](=O)[O-])c1)c1ccccc1F. The van der Waals surface area contributed by atoms with Crippen molar-refractivity contribution in [2.75, 3.05) is 0 Å². The van der Waals surface area contributed by atoms with Crippen molar-refractivity contribution >= 4 is 21.6 Å². The zero-order chi connectivity index (χ0) is 15.4. The number of rotatable bonds is 5. The molecule has 4 nitrogen and oxygen atoms in total. The second kappa shape index (κ2) is 6.78. The fourth-order valence-corrected chi connectivity index (χ4v) is 2.41. The van der Waals surface area contributed by atoms with Crippen LogP contribution < -0.4 is 5.32 Å². The van der Waals surface area contributed by atoms with Gasteiger partial charge in [-0.1, -0.05) is 24.3 Å². The third kappa shape index (κ3) is 3.86. The highest BCUT2D eigenvalue weighted by Gasteiger charge is 2.14. The molecule has 21 heavy (non-hydrogen) atoms. The van der Waals surface area contributed by atoms with Crippen LogP contribution in [0.15, 0.2) is 46.9 Å². The Morgan fingerprint density at radius 2 is 2.05 bits per heavy atom. The lowest BCUT2D eigenvalue weighted by Gasteiger charge is -2.15. The van der Waals surface area contributed by atoms with E-state index in [1.54, 1.807) is 30.3 Å². The molecule has 0 fully saturated rings. The molecule has 2 aromatic carbocycles. The molecule has 6 heteroatoms. The Hall–Kier alpha value is -1.79. The van der Waals surface area contributed by atoms with Gasteiger partial charge in [-0.05, 0) is 40.5 Å². The molecular weight excluding hydrogens is 339 g/mol. The summed E-state index contributed by atoms with van der Waals surface area (Å²) in [4.78, 5) is 10.4. The van der Waals surface area contributed by atoms with Gasteiger partial charge in [0, 0.05) is 24.2 Å². The minimum Gasteiger partial charge on any atom is -0.306 e. The molecule has 0 amide bonds. The van der Waals surface area contributed by atoms with Crippen molar-refractivity contribution in [3.63, 3.8) is 0 Å². The first kappa shape index (κ1) is 15.6. The van der Waals surface area contributed by atoms with Gasteiger partial charge in [-0.15, -0.1) is 0 Å². The quantitative estimate of drug-likeness (QED) is 0.642. The Kier molecular flexibility index (Phi) is 5.03. The molecule has 0 radical (unpaired) electrons. The molecule has 110 valence electrons. The van der Waals surface area contributed by atoms with Crippen LogP contribution in [0.5, 0.6) is 0 Å². The van der Waals surface area contributed by atoms with Crippen LogP contribution in [0, 0.1) is 15.9 Å². The number of nitro benzene ring substituents is 1. The van der Waals surface area contributed by atoms with Crippen molar-refractivity contribution in [1.82, 2.24) is 5.32 Å². The standard InChI is InChI=1S/C15H14BrFN2O2/c1-10(12-4-2-3-5-14(12)17)18-9-11-6-7-13(16)15(8-11)19(20)21/h2-8,10,18H,9H2,1H3/t10-/m1/s1. The fourth-order valence-electron chi connectivity index (χ4n) is 2.02. The lowest BCUT2D eigenvalue weighted by Crippen LogP contribution is -2.19. The van der Waals surface area contributed by atoms with Gasteiger partial charge in [0.25, 0.3) is 5.69 Å². The zero-order valence-corrected chi connectivity index (χ0v) is 12.9. The summed E-state index contributed by atoms with van der Waals surface area (Å²) in [6.07, 6.45) is 0. The van der Waals surface area contributed by atoms with Crippen LogP contribution in [0.4, 0.5) is 10.1 Å². The predicted octanol–water partition coefficient (Wildman–Crippen LogP) is 4.35. The highest BCUT2D eigenvalue weighted by atomic mass is 79.9. The molecule has 2 rings (SSSR count). The first-order valence-electron chi connectivity index (χ1n) is 6.39. The second-order valence-electron chi connectivity index (χ2n) is 4.67. The highest BCUT2D eigenvalue weighted by molar-refractivity contribution is 9.10. The summed E-state index contributed by atoms with van der Waals surface area (Å²) < 4.78 is 14.1. The first-order valence-corrected chi connectivity index (χ1v) is 7.19. The third-order valence-electron chi connectivity index (χ3n) is 3.19. The minimum absolute atomic E-state index is 0.0212. The number of halogens is 2. The van der Waals surface area contributed by atoms with E-state index in [4.69, 9.17) is 0 Å². The van der Waals surface area contributed by atoms with Gasteiger partial charge in [0.05, 0.1) is 9.40 Å². The maximum atomic E-state index is 13.7. The molecule has 1 atom stereocenters. The molecule has 0 aliphatic carbocycles. The Labute approximate surface area is 130 Å². The van der Waals surface area contributed by atoms with Crippen LogP contribution in [0.1, 0.15) is 24.1 Å². The van der Waals surface area contributed by atoms with Gasteiger partial charge in [-0.2, -0.15) is 0 Å². The zero-order valence-electron chi connectivity index (χ0n) is 11.3. The summed E-state index contributed by atoms with van der Waals surface area (Å²) >= 11 is 3.15. The van der Waals surface area contributed by atoms with Crippen molar-refractivity contribution < 1.29 is 9.31 Å². The molecule has 0 bridgehead atoms. The molecule has 2 aromatic rings. The predicted molar refractivity (Wildman–Crippen MR) is 82.5 cm³/mol. The van der Waals surface area contributed by atoms with Crippen LogP contribution >= 0.6 is 15.9 Å². The van der Waals surface area contributed by atoms with E-state index >= 15 is 0 Å². The normalized spacial score (nSPS) is 12.1. The molecule has 1 N–H and O–H groups in total. The maximum Gasteiger partial charge on any atom is 0.283 e. The number of benzene rings is 2. The van der Waals surface area contributed by atoms with Gasteiger partial charge < -0.3 is 5.32 Å². The monoisotopic (exact) mass is 352 g/mol. The van der Waals surface area contributed by atoms with E-state index in [1.165, 1.54) is 12.1 Å². The van der Waals surface area contributed by atoms with Crippen molar-refractivity contribution in [2.45, 2.75) is 19.5 Å². The summed E-state index contributed by atoms with van der Waals surface area (Å²) in [7, 11) is 0. The lowest BCUT2D eigenvalue weighted by molar-refractivity contribution is -0.385. The highest BCUT2D eigenvalue weighted by Crippen LogP contribution is 2.26. The van der Waals surface area contributed by atoms with E-state index in [0.29, 0.717) is 16.6 Å². The molecule has 0 spiro atoms. The molecule has 0 heterocycles.